The predicted octanol–water partition coefficient (Wildman–Crippen LogP) is 1.85. The molecule has 0 radical (unpaired) electrons. The summed E-state index contributed by atoms with van der Waals surface area (Å²) in [5.41, 5.74) is -0.614. The van der Waals surface area contributed by atoms with Crippen molar-refractivity contribution in [3.63, 3.8) is 0 Å². The molecular formula is C14H27NO5. The van der Waals surface area contributed by atoms with Gasteiger partial charge in [0.1, 0.15) is 5.60 Å². The van der Waals surface area contributed by atoms with Crippen LogP contribution in [0.15, 0.2) is 0 Å². The molecule has 0 aliphatic rings. The molecular weight excluding hydrogens is 262 g/mol. The highest BCUT2D eigenvalue weighted by atomic mass is 16.6. The number of nitrogens with one attached hydrogen (secondary N) is 1. The maximum atomic E-state index is 11.8. The molecule has 0 bridgehead atoms. The first-order valence-corrected chi connectivity index (χ1v) is 6.85. The average molecular weight is 289 g/mol. The summed E-state index contributed by atoms with van der Waals surface area (Å²) in [5.74, 6) is -0.515. The lowest BCUT2D eigenvalue weighted by Gasteiger charge is -2.29. The Morgan fingerprint density at radius 3 is 2.25 bits per heavy atom. The molecule has 6 heteroatoms. The SMILES string of the molecule is CCC(C)C(NC(=O)OC(C)(C)C)C(O)CC(=O)OC. The fourth-order valence-electron chi connectivity index (χ4n) is 1.70. The van der Waals surface area contributed by atoms with Crippen LogP contribution in [0.2, 0.25) is 0 Å². The number of carbonyl (C=O) groups is 2. The third-order valence-corrected chi connectivity index (χ3v) is 2.96. The number of hydrogen-bond donors (Lipinski definition) is 2. The molecule has 3 atom stereocenters. The summed E-state index contributed by atoms with van der Waals surface area (Å²) in [4.78, 5) is 23.0. The summed E-state index contributed by atoms with van der Waals surface area (Å²) >= 11 is 0. The summed E-state index contributed by atoms with van der Waals surface area (Å²) < 4.78 is 9.69. The van der Waals surface area contributed by atoms with E-state index in [1.54, 1.807) is 20.8 Å². The van der Waals surface area contributed by atoms with Gasteiger partial charge in [-0.2, -0.15) is 0 Å². The molecule has 0 aliphatic carbocycles. The molecule has 0 saturated carbocycles. The van der Waals surface area contributed by atoms with Crippen LogP contribution in [0.4, 0.5) is 4.79 Å². The van der Waals surface area contributed by atoms with Crippen LogP contribution in [0, 0.1) is 5.92 Å². The molecule has 2 N–H and O–H groups in total. The zero-order valence-corrected chi connectivity index (χ0v) is 13.2. The van der Waals surface area contributed by atoms with Crippen LogP contribution in [-0.2, 0) is 14.3 Å². The summed E-state index contributed by atoms with van der Waals surface area (Å²) in [6, 6.07) is -0.561. The van der Waals surface area contributed by atoms with Gasteiger partial charge in [-0.15, -0.1) is 0 Å². The van der Waals surface area contributed by atoms with Crippen molar-refractivity contribution in [2.75, 3.05) is 7.11 Å². The van der Waals surface area contributed by atoms with E-state index < -0.39 is 29.8 Å². The van der Waals surface area contributed by atoms with Crippen molar-refractivity contribution in [3.05, 3.63) is 0 Å². The monoisotopic (exact) mass is 289 g/mol. The van der Waals surface area contributed by atoms with Crippen molar-refractivity contribution in [2.45, 2.75) is 65.2 Å². The van der Waals surface area contributed by atoms with Crippen molar-refractivity contribution in [1.82, 2.24) is 5.32 Å². The quantitative estimate of drug-likeness (QED) is 0.729. The second kappa shape index (κ2) is 8.09. The molecule has 6 nitrogen and oxygen atoms in total. The normalized spacial score (nSPS) is 15.9. The average Bonchev–Trinajstić information content (AvgIpc) is 2.32. The molecule has 0 aromatic rings. The summed E-state index contributed by atoms with van der Waals surface area (Å²) in [6.07, 6.45) is -1.03. The molecule has 0 saturated heterocycles. The van der Waals surface area contributed by atoms with Crippen molar-refractivity contribution in [1.29, 1.82) is 0 Å². The first-order chi connectivity index (χ1) is 9.10. The van der Waals surface area contributed by atoms with Gasteiger partial charge in [0.05, 0.1) is 25.7 Å². The van der Waals surface area contributed by atoms with Gasteiger partial charge in [-0.1, -0.05) is 20.3 Å². The number of ether oxygens (including phenoxy) is 2. The van der Waals surface area contributed by atoms with Crippen LogP contribution in [0.25, 0.3) is 0 Å². The first kappa shape index (κ1) is 18.7. The highest BCUT2D eigenvalue weighted by Gasteiger charge is 2.29. The number of methoxy groups -OCH3 is 1. The minimum atomic E-state index is -1.01. The predicted molar refractivity (Wildman–Crippen MR) is 75.3 cm³/mol. The number of alkyl carbamates (subject to hydrolysis) is 1. The largest absolute Gasteiger partial charge is 0.469 e. The van der Waals surface area contributed by atoms with Crippen molar-refractivity contribution < 1.29 is 24.2 Å². The van der Waals surface area contributed by atoms with E-state index in [4.69, 9.17) is 4.74 Å². The maximum Gasteiger partial charge on any atom is 0.407 e. The Hall–Kier alpha value is -1.30. The van der Waals surface area contributed by atoms with Crippen molar-refractivity contribution in [2.24, 2.45) is 5.92 Å². The van der Waals surface area contributed by atoms with E-state index in [1.165, 1.54) is 7.11 Å². The van der Waals surface area contributed by atoms with Crippen molar-refractivity contribution in [3.8, 4) is 0 Å². The summed E-state index contributed by atoms with van der Waals surface area (Å²) in [6.45, 7) is 9.11. The Labute approximate surface area is 120 Å². The van der Waals surface area contributed by atoms with E-state index >= 15 is 0 Å². The molecule has 20 heavy (non-hydrogen) atoms. The molecule has 0 aromatic heterocycles. The van der Waals surface area contributed by atoms with Crippen LogP contribution in [0.1, 0.15) is 47.5 Å². The maximum absolute atomic E-state index is 11.8. The fraction of sp³-hybridized carbons (Fsp3) is 0.857. The Morgan fingerprint density at radius 2 is 1.85 bits per heavy atom. The molecule has 0 heterocycles. The lowest BCUT2D eigenvalue weighted by Crippen LogP contribution is -2.49. The number of carbonyl (C=O) groups excluding carboxylic acids is 2. The van der Waals surface area contributed by atoms with E-state index in [9.17, 15) is 14.7 Å². The number of hydrogen-bond acceptors (Lipinski definition) is 5. The third kappa shape index (κ3) is 7.33. The standard InChI is InChI=1S/C14H27NO5/c1-7-9(2)12(10(16)8-11(17)19-6)15-13(18)20-14(3,4)5/h9-10,12,16H,7-8H2,1-6H3,(H,15,18). The van der Waals surface area contributed by atoms with E-state index in [1.807, 2.05) is 13.8 Å². The van der Waals surface area contributed by atoms with Gasteiger partial charge in [-0.3, -0.25) is 4.79 Å². The Balaban J connectivity index is 4.72. The minimum Gasteiger partial charge on any atom is -0.469 e. The van der Waals surface area contributed by atoms with Crippen LogP contribution in [0.5, 0.6) is 0 Å². The van der Waals surface area contributed by atoms with E-state index in [0.29, 0.717) is 0 Å². The zero-order valence-electron chi connectivity index (χ0n) is 13.2. The van der Waals surface area contributed by atoms with Crippen LogP contribution >= 0.6 is 0 Å². The molecule has 0 rings (SSSR count). The summed E-state index contributed by atoms with van der Waals surface area (Å²) in [5, 5.41) is 12.7. The second-order valence-electron chi connectivity index (χ2n) is 5.91. The van der Waals surface area contributed by atoms with Crippen LogP contribution < -0.4 is 5.32 Å². The molecule has 0 spiro atoms. The van der Waals surface area contributed by atoms with Crippen molar-refractivity contribution >= 4 is 12.1 Å². The Kier molecular flexibility index (Phi) is 7.57. The first-order valence-electron chi connectivity index (χ1n) is 6.85. The van der Waals surface area contributed by atoms with Gasteiger partial charge in [0, 0.05) is 0 Å². The Bertz CT molecular complexity index is 324. The van der Waals surface area contributed by atoms with Crippen LogP contribution in [-0.4, -0.2) is 42.0 Å². The molecule has 0 fully saturated rings. The van der Waals surface area contributed by atoms with Gasteiger partial charge in [0.15, 0.2) is 0 Å². The third-order valence-electron chi connectivity index (χ3n) is 2.96. The lowest BCUT2D eigenvalue weighted by atomic mass is 9.93. The van der Waals surface area contributed by atoms with Gasteiger partial charge in [-0.25, -0.2) is 4.79 Å². The molecule has 1 amide bonds. The lowest BCUT2D eigenvalue weighted by molar-refractivity contribution is -0.143. The minimum absolute atomic E-state index is 0.00201. The zero-order chi connectivity index (χ0) is 15.9. The topological polar surface area (TPSA) is 84.9 Å². The number of aliphatic hydroxyl groups excluding tert-OH is 1. The highest BCUT2D eigenvalue weighted by Crippen LogP contribution is 2.16. The number of aliphatic hydroxyl groups is 1. The number of rotatable bonds is 6. The molecule has 118 valence electrons. The van der Waals surface area contributed by atoms with E-state index in [2.05, 4.69) is 10.1 Å². The smallest absolute Gasteiger partial charge is 0.407 e. The molecule has 0 aliphatic heterocycles. The van der Waals surface area contributed by atoms with Crippen LogP contribution in [0.3, 0.4) is 0 Å². The number of esters is 1. The molecule has 0 aromatic carbocycles. The summed E-state index contributed by atoms with van der Waals surface area (Å²) in [7, 11) is 1.26. The number of amides is 1. The van der Waals surface area contributed by atoms with Gasteiger partial charge in [0.2, 0.25) is 0 Å². The van der Waals surface area contributed by atoms with Gasteiger partial charge >= 0.3 is 12.1 Å². The fourth-order valence-corrected chi connectivity index (χ4v) is 1.70. The van der Waals surface area contributed by atoms with Gasteiger partial charge in [-0.05, 0) is 26.7 Å². The Morgan fingerprint density at radius 1 is 1.30 bits per heavy atom. The van der Waals surface area contributed by atoms with E-state index in [-0.39, 0.29) is 12.3 Å². The molecule has 3 unspecified atom stereocenters. The second-order valence-corrected chi connectivity index (χ2v) is 5.91. The van der Waals surface area contributed by atoms with E-state index in [0.717, 1.165) is 6.42 Å². The van der Waals surface area contributed by atoms with Gasteiger partial charge < -0.3 is 19.9 Å². The highest BCUT2D eigenvalue weighted by molar-refractivity contribution is 5.71. The van der Waals surface area contributed by atoms with Gasteiger partial charge in [0.25, 0.3) is 0 Å².